The summed E-state index contributed by atoms with van der Waals surface area (Å²) in [5.41, 5.74) is 1.03. The second kappa shape index (κ2) is 20.5. The van der Waals surface area contributed by atoms with Gasteiger partial charge < -0.3 is 40.9 Å². The number of rotatable bonds is 15. The van der Waals surface area contributed by atoms with Crippen molar-refractivity contribution >= 4 is 64.5 Å². The maximum Gasteiger partial charge on any atom is 0.336 e. The van der Waals surface area contributed by atoms with Gasteiger partial charge in [-0.2, -0.15) is 0 Å². The third-order valence-corrected chi connectivity index (χ3v) is 11.5. The van der Waals surface area contributed by atoms with Crippen molar-refractivity contribution < 1.29 is 49.2 Å². The average molecular weight is 842 g/mol. The van der Waals surface area contributed by atoms with Gasteiger partial charge in [0.1, 0.15) is 5.54 Å². The highest BCUT2D eigenvalue weighted by Crippen LogP contribution is 2.39. The number of benzene rings is 3. The largest absolute Gasteiger partial charge is 0.481 e. The Hall–Kier alpha value is -5.18. The molecule has 0 radical (unpaired) electrons. The molecule has 0 aliphatic carbocycles. The molecule has 0 saturated carbocycles. The SMILES string of the molecule is CCC(Cc1c(C(=O)NC)cccc1N1CCC(C(=O)NCc2ccccc2)(N2CCCCC2=O)CC1)c1ccc(Cl)c(Cl)c1.O=C(O)CC(O)(CC(=O)O)C(=O)O. The summed E-state index contributed by atoms with van der Waals surface area (Å²) in [4.78, 5) is 75.0. The Morgan fingerprint density at radius 1 is 0.862 bits per heavy atom. The highest BCUT2D eigenvalue weighted by atomic mass is 35.5. The number of hydrogen-bond donors (Lipinski definition) is 6. The molecule has 1 unspecified atom stereocenters. The van der Waals surface area contributed by atoms with Crippen LogP contribution in [0.3, 0.4) is 0 Å². The minimum atomic E-state index is -2.74. The molecule has 14 nitrogen and oxygen atoms in total. The van der Waals surface area contributed by atoms with Crippen LogP contribution in [0.4, 0.5) is 5.69 Å². The molecule has 2 aliphatic heterocycles. The summed E-state index contributed by atoms with van der Waals surface area (Å²) in [5, 5.41) is 40.8. The molecular formula is C42H50Cl2N4O10. The summed E-state index contributed by atoms with van der Waals surface area (Å²) < 4.78 is 0. The van der Waals surface area contributed by atoms with Gasteiger partial charge in [-0.3, -0.25) is 24.0 Å². The van der Waals surface area contributed by atoms with Crippen LogP contribution >= 0.6 is 23.2 Å². The van der Waals surface area contributed by atoms with E-state index < -0.39 is 41.9 Å². The summed E-state index contributed by atoms with van der Waals surface area (Å²) in [7, 11) is 1.65. The fraction of sp³-hybridized carbons (Fsp3) is 0.429. The fourth-order valence-corrected chi connectivity index (χ4v) is 7.90. The summed E-state index contributed by atoms with van der Waals surface area (Å²) in [6.45, 7) is 4.30. The zero-order chi connectivity index (χ0) is 42.6. The number of amides is 3. The van der Waals surface area contributed by atoms with Gasteiger partial charge in [0, 0.05) is 50.9 Å². The fourth-order valence-electron chi connectivity index (χ4n) is 7.60. The summed E-state index contributed by atoms with van der Waals surface area (Å²) >= 11 is 12.6. The number of nitrogens with zero attached hydrogens (tertiary/aromatic N) is 2. The van der Waals surface area contributed by atoms with Crippen LogP contribution in [0.5, 0.6) is 0 Å². The molecule has 58 heavy (non-hydrogen) atoms. The lowest BCUT2D eigenvalue weighted by molar-refractivity contribution is -0.170. The molecule has 3 amide bonds. The lowest BCUT2D eigenvalue weighted by Crippen LogP contribution is -2.65. The van der Waals surface area contributed by atoms with Crippen LogP contribution in [0, 0.1) is 0 Å². The third-order valence-electron chi connectivity index (χ3n) is 10.8. The van der Waals surface area contributed by atoms with Crippen LogP contribution in [0.25, 0.3) is 0 Å². The number of piperidine rings is 2. The van der Waals surface area contributed by atoms with Crippen LogP contribution in [-0.4, -0.2) is 98.8 Å². The lowest BCUT2D eigenvalue weighted by Gasteiger charge is -2.49. The van der Waals surface area contributed by atoms with Crippen molar-refractivity contribution in [3.8, 4) is 0 Å². The van der Waals surface area contributed by atoms with E-state index in [2.05, 4.69) is 28.5 Å². The van der Waals surface area contributed by atoms with Crippen LogP contribution in [0.1, 0.15) is 91.3 Å². The number of aliphatic hydroxyl groups is 1. The molecule has 3 aromatic carbocycles. The molecule has 5 rings (SSSR count). The monoisotopic (exact) mass is 840 g/mol. The summed E-state index contributed by atoms with van der Waals surface area (Å²) in [5.74, 6) is -5.08. The van der Waals surface area contributed by atoms with Gasteiger partial charge in [-0.1, -0.05) is 72.6 Å². The molecule has 0 aromatic heterocycles. The molecule has 16 heteroatoms. The minimum Gasteiger partial charge on any atom is -0.481 e. The van der Waals surface area contributed by atoms with E-state index in [9.17, 15) is 28.8 Å². The second-order valence-electron chi connectivity index (χ2n) is 14.5. The lowest BCUT2D eigenvalue weighted by atomic mass is 9.81. The number of hydrogen-bond acceptors (Lipinski definition) is 8. The molecule has 2 heterocycles. The molecule has 0 bridgehead atoms. The maximum atomic E-state index is 14.0. The molecular weight excluding hydrogens is 791 g/mol. The number of nitrogens with one attached hydrogen (secondary N) is 2. The zero-order valence-corrected chi connectivity index (χ0v) is 34.0. The number of carboxylic acid groups (broad SMARTS) is 3. The first-order valence-electron chi connectivity index (χ1n) is 19.1. The van der Waals surface area contributed by atoms with Crippen molar-refractivity contribution in [3.05, 3.63) is 99.0 Å². The molecule has 2 saturated heterocycles. The van der Waals surface area contributed by atoms with Gasteiger partial charge in [-0.15, -0.1) is 0 Å². The average Bonchev–Trinajstić information content (AvgIpc) is 3.20. The van der Waals surface area contributed by atoms with Crippen molar-refractivity contribution in [2.75, 3.05) is 31.6 Å². The molecule has 3 aromatic rings. The Morgan fingerprint density at radius 2 is 1.52 bits per heavy atom. The van der Waals surface area contributed by atoms with Gasteiger partial charge in [0.25, 0.3) is 5.91 Å². The van der Waals surface area contributed by atoms with E-state index in [1.54, 1.807) is 7.05 Å². The number of carboxylic acids is 3. The van der Waals surface area contributed by atoms with Crippen LogP contribution in [0.2, 0.25) is 10.0 Å². The van der Waals surface area contributed by atoms with E-state index in [0.29, 0.717) is 67.5 Å². The third kappa shape index (κ3) is 11.3. The van der Waals surface area contributed by atoms with E-state index in [0.717, 1.165) is 41.6 Å². The van der Waals surface area contributed by atoms with Crippen molar-refractivity contribution in [2.24, 2.45) is 0 Å². The number of aliphatic carboxylic acids is 3. The van der Waals surface area contributed by atoms with Gasteiger partial charge >= 0.3 is 17.9 Å². The normalized spacial score (nSPS) is 15.7. The van der Waals surface area contributed by atoms with Crippen molar-refractivity contribution in [1.29, 1.82) is 0 Å². The predicted octanol–water partition coefficient (Wildman–Crippen LogP) is 5.51. The van der Waals surface area contributed by atoms with E-state index in [1.807, 2.05) is 65.6 Å². The number of likely N-dealkylation sites (tertiary alicyclic amines) is 1. The van der Waals surface area contributed by atoms with Crippen molar-refractivity contribution in [1.82, 2.24) is 15.5 Å². The quantitative estimate of drug-likeness (QED) is 0.112. The number of anilines is 1. The van der Waals surface area contributed by atoms with Crippen LogP contribution in [0.15, 0.2) is 66.7 Å². The Morgan fingerprint density at radius 3 is 2.07 bits per heavy atom. The van der Waals surface area contributed by atoms with Gasteiger partial charge in [-0.25, -0.2) is 4.79 Å². The van der Waals surface area contributed by atoms with Crippen molar-refractivity contribution in [2.45, 2.75) is 88.3 Å². The van der Waals surface area contributed by atoms with Gasteiger partial charge in [0.15, 0.2) is 5.60 Å². The van der Waals surface area contributed by atoms with E-state index >= 15 is 0 Å². The van der Waals surface area contributed by atoms with Crippen LogP contribution in [-0.2, 0) is 36.9 Å². The highest BCUT2D eigenvalue weighted by Gasteiger charge is 2.49. The van der Waals surface area contributed by atoms with E-state index in [-0.39, 0.29) is 23.6 Å². The molecule has 1 atom stereocenters. The Labute approximate surface area is 347 Å². The summed E-state index contributed by atoms with van der Waals surface area (Å²) in [6.07, 6.45) is 2.44. The standard InChI is InChI=1S/C36H42Cl2N4O3.C6H8O7/c1-3-26(27-15-16-30(37)31(38)23-27)22-29-28(34(44)39-2)12-9-13-32(29)41-20-17-36(18-21-41,42-19-8-7-14-33(42)43)35(45)40-24-25-10-5-4-6-11-25;7-3(8)1-6(13,5(11)12)2-4(9)10/h4-6,9-13,15-16,23,26H,3,7-8,14,17-22,24H2,1-2H3,(H,39,44)(H,40,45);13H,1-2H2,(H,7,8)(H,9,10)(H,11,12). The Bertz CT molecular complexity index is 1950. The van der Waals surface area contributed by atoms with Gasteiger partial charge in [0.05, 0.1) is 22.9 Å². The minimum absolute atomic E-state index is 0.0549. The second-order valence-corrected chi connectivity index (χ2v) is 15.3. The Balaban J connectivity index is 0.000000492. The first-order valence-corrected chi connectivity index (χ1v) is 19.9. The number of carbonyl (C=O) groups excluding carboxylic acids is 3. The predicted molar refractivity (Wildman–Crippen MR) is 218 cm³/mol. The van der Waals surface area contributed by atoms with E-state index in [4.69, 9.17) is 43.6 Å². The van der Waals surface area contributed by atoms with Crippen LogP contribution < -0.4 is 15.5 Å². The first kappa shape index (κ1) is 45.5. The van der Waals surface area contributed by atoms with Crippen molar-refractivity contribution in [3.63, 3.8) is 0 Å². The molecule has 6 N–H and O–H groups in total. The van der Waals surface area contributed by atoms with E-state index in [1.165, 1.54) is 0 Å². The number of halogens is 2. The van der Waals surface area contributed by atoms with Gasteiger partial charge in [-0.05, 0) is 85.4 Å². The zero-order valence-electron chi connectivity index (χ0n) is 32.5. The highest BCUT2D eigenvalue weighted by molar-refractivity contribution is 6.42. The number of carbonyl (C=O) groups is 6. The molecule has 0 spiro atoms. The first-order chi connectivity index (χ1) is 27.5. The topological polar surface area (TPSA) is 214 Å². The molecule has 312 valence electrons. The Kier molecular flexibility index (Phi) is 16.1. The molecule has 2 aliphatic rings. The van der Waals surface area contributed by atoms with Gasteiger partial charge in [0.2, 0.25) is 11.8 Å². The maximum absolute atomic E-state index is 14.0. The molecule has 2 fully saturated rings. The summed E-state index contributed by atoms with van der Waals surface area (Å²) in [6, 6.07) is 21.5. The smallest absolute Gasteiger partial charge is 0.336 e.